The number of hydrogen-bond donors (Lipinski definition) is 2. The third kappa shape index (κ3) is 2.64. The van der Waals surface area contributed by atoms with Crippen LogP contribution in [-0.2, 0) is 0 Å². The minimum Gasteiger partial charge on any atom is -0.348 e. The molecule has 1 aromatic heterocycles. The highest BCUT2D eigenvalue weighted by molar-refractivity contribution is 9.10. The van der Waals surface area contributed by atoms with E-state index in [1.807, 2.05) is 11.4 Å². The average Bonchev–Trinajstić information content (AvgIpc) is 2.86. The molecule has 2 unspecified atom stereocenters. The van der Waals surface area contributed by atoms with Crippen LogP contribution in [0.3, 0.4) is 0 Å². The van der Waals surface area contributed by atoms with Gasteiger partial charge in [-0.25, -0.2) is 0 Å². The van der Waals surface area contributed by atoms with Crippen molar-refractivity contribution in [1.29, 1.82) is 0 Å². The molecule has 1 saturated carbocycles. The lowest BCUT2D eigenvalue weighted by Gasteiger charge is -2.18. The molecule has 0 spiro atoms. The summed E-state index contributed by atoms with van der Waals surface area (Å²) in [7, 11) is 0. The summed E-state index contributed by atoms with van der Waals surface area (Å²) in [6, 6.07) is 2.12. The zero-order valence-electron chi connectivity index (χ0n) is 8.91. The van der Waals surface area contributed by atoms with Crippen LogP contribution in [0.2, 0.25) is 0 Å². The van der Waals surface area contributed by atoms with Crippen molar-refractivity contribution >= 4 is 33.2 Å². The fourth-order valence-electron chi connectivity index (χ4n) is 2.18. The molecule has 1 fully saturated rings. The zero-order valence-corrected chi connectivity index (χ0v) is 11.3. The Balaban J connectivity index is 1.97. The van der Waals surface area contributed by atoms with Crippen molar-refractivity contribution in [2.75, 3.05) is 6.54 Å². The number of nitrogens with two attached hydrogens (primary N) is 1. The summed E-state index contributed by atoms with van der Waals surface area (Å²) in [6.07, 6.45) is 3.36. The molecule has 2 rings (SSSR count). The van der Waals surface area contributed by atoms with Crippen molar-refractivity contribution < 1.29 is 4.79 Å². The largest absolute Gasteiger partial charge is 0.348 e. The maximum absolute atomic E-state index is 11.9. The van der Waals surface area contributed by atoms with Gasteiger partial charge in [0.05, 0.1) is 4.88 Å². The molecule has 3 N–H and O–H groups in total. The molecule has 3 nitrogen and oxygen atoms in total. The first-order chi connectivity index (χ1) is 7.70. The molecule has 1 aromatic rings. The van der Waals surface area contributed by atoms with Crippen molar-refractivity contribution in [1.82, 2.24) is 5.32 Å². The second kappa shape index (κ2) is 5.29. The van der Waals surface area contributed by atoms with Gasteiger partial charge in [0, 0.05) is 15.9 Å². The van der Waals surface area contributed by atoms with Crippen LogP contribution in [0.5, 0.6) is 0 Å². The van der Waals surface area contributed by atoms with Gasteiger partial charge < -0.3 is 11.1 Å². The van der Waals surface area contributed by atoms with Crippen LogP contribution in [-0.4, -0.2) is 18.5 Å². The predicted octanol–water partition coefficient (Wildman–Crippen LogP) is 2.37. The van der Waals surface area contributed by atoms with E-state index in [0.717, 1.165) is 22.2 Å². The number of carbonyl (C=O) groups is 1. The molecule has 1 aliphatic carbocycles. The third-order valence-corrected chi connectivity index (χ3v) is 4.76. The molecule has 16 heavy (non-hydrogen) atoms. The Labute approximate surface area is 108 Å². The van der Waals surface area contributed by atoms with Crippen LogP contribution < -0.4 is 11.1 Å². The summed E-state index contributed by atoms with van der Waals surface area (Å²) >= 11 is 4.81. The highest BCUT2D eigenvalue weighted by Crippen LogP contribution is 2.26. The van der Waals surface area contributed by atoms with Crippen molar-refractivity contribution in [2.24, 2.45) is 11.7 Å². The summed E-state index contributed by atoms with van der Waals surface area (Å²) in [6.45, 7) is 0.666. The zero-order chi connectivity index (χ0) is 11.5. The van der Waals surface area contributed by atoms with Gasteiger partial charge in [0.15, 0.2) is 0 Å². The normalized spacial score (nSPS) is 24.6. The maximum atomic E-state index is 11.9. The summed E-state index contributed by atoms with van der Waals surface area (Å²) < 4.78 is 0.962. The summed E-state index contributed by atoms with van der Waals surface area (Å²) in [5, 5.41) is 5.00. The molecular formula is C11H15BrN2OS. The van der Waals surface area contributed by atoms with Crippen LogP contribution in [0, 0.1) is 5.92 Å². The summed E-state index contributed by atoms with van der Waals surface area (Å²) in [5.74, 6) is 0.480. The highest BCUT2D eigenvalue weighted by atomic mass is 79.9. The topological polar surface area (TPSA) is 55.1 Å². The van der Waals surface area contributed by atoms with E-state index >= 15 is 0 Å². The lowest BCUT2D eigenvalue weighted by atomic mass is 10.0. The molecule has 88 valence electrons. The van der Waals surface area contributed by atoms with E-state index in [4.69, 9.17) is 5.73 Å². The predicted molar refractivity (Wildman–Crippen MR) is 69.7 cm³/mol. The Bertz CT molecular complexity index is 380. The summed E-state index contributed by atoms with van der Waals surface area (Å²) in [4.78, 5) is 12.7. The molecule has 1 amide bonds. The smallest absolute Gasteiger partial charge is 0.261 e. The van der Waals surface area contributed by atoms with E-state index in [2.05, 4.69) is 21.2 Å². The van der Waals surface area contributed by atoms with Gasteiger partial charge in [0.2, 0.25) is 0 Å². The van der Waals surface area contributed by atoms with E-state index in [1.165, 1.54) is 17.8 Å². The van der Waals surface area contributed by atoms with Crippen molar-refractivity contribution in [3.05, 3.63) is 20.8 Å². The minimum atomic E-state index is 0.0288. The molecule has 0 aromatic carbocycles. The molecule has 0 radical (unpaired) electrons. The van der Waals surface area contributed by atoms with Gasteiger partial charge in [-0.05, 0) is 47.3 Å². The molecule has 5 heteroatoms. The van der Waals surface area contributed by atoms with Gasteiger partial charge in [-0.15, -0.1) is 11.3 Å². The minimum absolute atomic E-state index is 0.0288. The Morgan fingerprint density at radius 3 is 3.06 bits per heavy atom. The number of halogens is 1. The fourth-order valence-corrected chi connectivity index (χ4v) is 3.51. The van der Waals surface area contributed by atoms with Crippen molar-refractivity contribution in [3.8, 4) is 0 Å². The van der Waals surface area contributed by atoms with Gasteiger partial charge in [-0.1, -0.05) is 6.42 Å². The van der Waals surface area contributed by atoms with E-state index in [-0.39, 0.29) is 11.9 Å². The van der Waals surface area contributed by atoms with Crippen LogP contribution in [0.1, 0.15) is 28.9 Å². The highest BCUT2D eigenvalue weighted by Gasteiger charge is 2.27. The third-order valence-electron chi connectivity index (χ3n) is 3.07. The van der Waals surface area contributed by atoms with E-state index in [9.17, 15) is 4.79 Å². The molecule has 1 heterocycles. The van der Waals surface area contributed by atoms with Crippen LogP contribution in [0.25, 0.3) is 0 Å². The molecule has 0 bridgehead atoms. The van der Waals surface area contributed by atoms with Crippen molar-refractivity contribution in [2.45, 2.75) is 25.3 Å². The average molecular weight is 303 g/mol. The lowest BCUT2D eigenvalue weighted by molar-refractivity contribution is 0.0933. The maximum Gasteiger partial charge on any atom is 0.261 e. The van der Waals surface area contributed by atoms with Crippen LogP contribution in [0.15, 0.2) is 15.9 Å². The molecule has 2 atom stereocenters. The van der Waals surface area contributed by atoms with E-state index in [1.54, 1.807) is 0 Å². The number of thiophene rings is 1. The second-order valence-electron chi connectivity index (χ2n) is 4.14. The molecule has 1 aliphatic rings. The Kier molecular flexibility index (Phi) is 4.00. The number of rotatable bonds is 3. The number of amides is 1. The molecular weight excluding hydrogens is 288 g/mol. The van der Waals surface area contributed by atoms with Gasteiger partial charge in [0.1, 0.15) is 0 Å². The van der Waals surface area contributed by atoms with Crippen LogP contribution in [0.4, 0.5) is 0 Å². The van der Waals surface area contributed by atoms with Gasteiger partial charge >= 0.3 is 0 Å². The van der Waals surface area contributed by atoms with Crippen LogP contribution >= 0.6 is 27.3 Å². The van der Waals surface area contributed by atoms with Gasteiger partial charge in [-0.2, -0.15) is 0 Å². The van der Waals surface area contributed by atoms with Crippen molar-refractivity contribution in [3.63, 3.8) is 0 Å². The molecule has 0 saturated heterocycles. The lowest BCUT2D eigenvalue weighted by Crippen LogP contribution is -2.39. The van der Waals surface area contributed by atoms with E-state index < -0.39 is 0 Å². The Morgan fingerprint density at radius 2 is 2.44 bits per heavy atom. The second-order valence-corrected chi connectivity index (χ2v) is 5.96. The van der Waals surface area contributed by atoms with E-state index in [0.29, 0.717) is 12.5 Å². The number of nitrogens with one attached hydrogen (secondary N) is 1. The first kappa shape index (κ1) is 12.1. The summed E-state index contributed by atoms with van der Waals surface area (Å²) in [5.41, 5.74) is 5.69. The molecule has 0 aliphatic heterocycles. The Morgan fingerprint density at radius 1 is 1.62 bits per heavy atom. The standard InChI is InChI=1S/C11H15BrN2OS/c12-8-4-10(16-6-8)11(15)14-9-3-1-2-7(9)5-13/h4,6-7,9H,1-3,5,13H2,(H,14,15). The Hall–Kier alpha value is -0.390. The monoisotopic (exact) mass is 302 g/mol. The number of carbonyl (C=O) groups excluding carboxylic acids is 1. The van der Waals surface area contributed by atoms with Gasteiger partial charge in [-0.3, -0.25) is 4.79 Å². The first-order valence-electron chi connectivity index (χ1n) is 5.45. The first-order valence-corrected chi connectivity index (χ1v) is 7.13. The SMILES string of the molecule is NCC1CCCC1NC(=O)c1cc(Br)cs1. The number of hydrogen-bond acceptors (Lipinski definition) is 3. The fraction of sp³-hybridized carbons (Fsp3) is 0.545. The quantitative estimate of drug-likeness (QED) is 0.900. The van der Waals surface area contributed by atoms with Gasteiger partial charge in [0.25, 0.3) is 5.91 Å².